The third kappa shape index (κ3) is 3.79. The molecule has 0 bridgehead atoms. The molecule has 0 aliphatic rings. The number of amides is 1. The van der Waals surface area contributed by atoms with Gasteiger partial charge in [-0.2, -0.15) is 5.26 Å². The second-order valence-electron chi connectivity index (χ2n) is 5.31. The monoisotopic (exact) mass is 329 g/mol. The van der Waals surface area contributed by atoms with Crippen molar-refractivity contribution in [2.45, 2.75) is 0 Å². The third-order valence-electron chi connectivity index (χ3n) is 3.64. The second-order valence-corrected chi connectivity index (χ2v) is 5.31. The smallest absolute Gasteiger partial charge is 0.276 e. The van der Waals surface area contributed by atoms with Gasteiger partial charge in [0.25, 0.3) is 5.91 Å². The molecule has 1 aromatic heterocycles. The predicted octanol–water partition coefficient (Wildman–Crippen LogP) is 3.37. The molecule has 0 radical (unpaired) electrons. The summed E-state index contributed by atoms with van der Waals surface area (Å²) in [6, 6.07) is 21.8. The number of carbonyl (C=O) groups excluding carboxylic acids is 1. The van der Waals surface area contributed by atoms with Gasteiger partial charge in [-0.05, 0) is 48.5 Å². The van der Waals surface area contributed by atoms with Crippen LogP contribution >= 0.6 is 0 Å². The Labute approximate surface area is 145 Å². The highest BCUT2D eigenvalue weighted by molar-refractivity contribution is 6.02. The molecular formula is C19H15N5O. The van der Waals surface area contributed by atoms with Gasteiger partial charge in [-0.3, -0.25) is 4.79 Å². The quantitative estimate of drug-likeness (QED) is 0.793. The molecule has 1 N–H and O–H groups in total. The van der Waals surface area contributed by atoms with Crippen LogP contribution in [0.4, 0.5) is 17.2 Å². The summed E-state index contributed by atoms with van der Waals surface area (Å²) in [5.74, 6) is 0.284. The van der Waals surface area contributed by atoms with Crippen LogP contribution in [-0.4, -0.2) is 23.2 Å². The molecular weight excluding hydrogens is 314 g/mol. The first-order valence-corrected chi connectivity index (χ1v) is 7.61. The Morgan fingerprint density at radius 2 is 1.72 bits per heavy atom. The zero-order valence-corrected chi connectivity index (χ0v) is 13.5. The number of nitrogens with one attached hydrogen (secondary N) is 1. The van der Waals surface area contributed by atoms with Crippen LogP contribution in [0.1, 0.15) is 16.1 Å². The second kappa shape index (κ2) is 7.23. The van der Waals surface area contributed by atoms with Gasteiger partial charge in [0.1, 0.15) is 0 Å². The normalized spacial score (nSPS) is 9.92. The molecule has 25 heavy (non-hydrogen) atoms. The summed E-state index contributed by atoms with van der Waals surface area (Å²) in [6.45, 7) is 0. The summed E-state index contributed by atoms with van der Waals surface area (Å²) in [5.41, 5.74) is 2.32. The highest BCUT2D eigenvalue weighted by atomic mass is 16.1. The van der Waals surface area contributed by atoms with Crippen LogP contribution in [0, 0.1) is 11.3 Å². The van der Waals surface area contributed by atoms with E-state index < -0.39 is 0 Å². The first-order chi connectivity index (χ1) is 12.2. The van der Waals surface area contributed by atoms with Gasteiger partial charge in [0.15, 0.2) is 11.5 Å². The van der Waals surface area contributed by atoms with Gasteiger partial charge in [-0.1, -0.05) is 18.2 Å². The number of carbonyl (C=O) groups is 1. The van der Waals surface area contributed by atoms with Gasteiger partial charge in [0, 0.05) is 18.4 Å². The number of rotatable bonds is 4. The van der Waals surface area contributed by atoms with Gasteiger partial charge in [-0.15, -0.1) is 10.2 Å². The summed E-state index contributed by atoms with van der Waals surface area (Å²) in [6.07, 6.45) is 0. The zero-order valence-electron chi connectivity index (χ0n) is 13.5. The van der Waals surface area contributed by atoms with Crippen molar-refractivity contribution in [3.63, 3.8) is 0 Å². The van der Waals surface area contributed by atoms with Gasteiger partial charge in [0.2, 0.25) is 0 Å². The lowest BCUT2D eigenvalue weighted by molar-refractivity contribution is 0.102. The minimum absolute atomic E-state index is 0.217. The molecule has 1 amide bonds. The summed E-state index contributed by atoms with van der Waals surface area (Å²) in [4.78, 5) is 14.1. The molecule has 6 heteroatoms. The fourth-order valence-electron chi connectivity index (χ4n) is 2.23. The maximum Gasteiger partial charge on any atom is 0.276 e. The molecule has 0 aliphatic heterocycles. The summed E-state index contributed by atoms with van der Waals surface area (Å²) >= 11 is 0. The maximum absolute atomic E-state index is 12.2. The molecule has 122 valence electrons. The van der Waals surface area contributed by atoms with Crippen molar-refractivity contribution in [1.82, 2.24) is 10.2 Å². The van der Waals surface area contributed by atoms with E-state index in [9.17, 15) is 4.79 Å². The lowest BCUT2D eigenvalue weighted by Crippen LogP contribution is -2.16. The Kier molecular flexibility index (Phi) is 4.67. The standard InChI is InChI=1S/C19H15N5O/c1-24(16-5-3-2-4-6-16)18-12-11-17(22-23-18)19(25)21-15-9-7-14(13-20)8-10-15/h2-12H,1H3,(H,21,25). The average Bonchev–Trinajstić information content (AvgIpc) is 2.69. The molecule has 0 aliphatic carbocycles. The number of benzene rings is 2. The van der Waals surface area contributed by atoms with Crippen molar-refractivity contribution < 1.29 is 4.79 Å². The van der Waals surface area contributed by atoms with Crippen LogP contribution in [0.5, 0.6) is 0 Å². The van der Waals surface area contributed by atoms with Crippen LogP contribution in [0.3, 0.4) is 0 Å². The third-order valence-corrected chi connectivity index (χ3v) is 3.64. The Hall–Kier alpha value is -3.72. The van der Waals surface area contributed by atoms with Gasteiger partial charge >= 0.3 is 0 Å². The minimum Gasteiger partial charge on any atom is -0.328 e. The fourth-order valence-corrected chi connectivity index (χ4v) is 2.23. The van der Waals surface area contributed by atoms with Crippen molar-refractivity contribution >= 4 is 23.1 Å². The molecule has 0 spiro atoms. The van der Waals surface area contributed by atoms with E-state index in [1.54, 1.807) is 36.4 Å². The summed E-state index contributed by atoms with van der Waals surface area (Å²) in [7, 11) is 1.88. The molecule has 0 saturated heterocycles. The highest BCUT2D eigenvalue weighted by Crippen LogP contribution is 2.20. The average molecular weight is 329 g/mol. The number of para-hydroxylation sites is 1. The van der Waals surface area contributed by atoms with Crippen molar-refractivity contribution in [2.75, 3.05) is 17.3 Å². The van der Waals surface area contributed by atoms with Crippen molar-refractivity contribution in [1.29, 1.82) is 5.26 Å². The summed E-state index contributed by atoms with van der Waals surface area (Å²) in [5, 5.41) is 19.6. The highest BCUT2D eigenvalue weighted by Gasteiger charge is 2.11. The molecule has 0 saturated carbocycles. The molecule has 2 aromatic carbocycles. The number of nitriles is 1. The predicted molar refractivity (Wildman–Crippen MR) is 95.6 cm³/mol. The number of hydrogen-bond donors (Lipinski definition) is 1. The summed E-state index contributed by atoms with van der Waals surface area (Å²) < 4.78 is 0. The SMILES string of the molecule is CN(c1ccccc1)c1ccc(C(=O)Nc2ccc(C#N)cc2)nn1. The molecule has 3 rings (SSSR count). The van der Waals surface area contributed by atoms with E-state index in [0.717, 1.165) is 5.69 Å². The first kappa shape index (κ1) is 16.1. The lowest BCUT2D eigenvalue weighted by atomic mass is 10.2. The van der Waals surface area contributed by atoms with E-state index in [4.69, 9.17) is 5.26 Å². The van der Waals surface area contributed by atoms with E-state index in [0.29, 0.717) is 17.1 Å². The minimum atomic E-state index is -0.355. The van der Waals surface area contributed by atoms with Crippen LogP contribution < -0.4 is 10.2 Å². The van der Waals surface area contributed by atoms with E-state index in [1.807, 2.05) is 48.3 Å². The molecule has 0 atom stereocenters. The van der Waals surface area contributed by atoms with Crippen LogP contribution in [0.25, 0.3) is 0 Å². The maximum atomic E-state index is 12.2. The van der Waals surface area contributed by atoms with Crippen molar-refractivity contribution in [3.05, 3.63) is 78.0 Å². The van der Waals surface area contributed by atoms with Gasteiger partial charge < -0.3 is 10.2 Å². The number of aromatic nitrogens is 2. The molecule has 3 aromatic rings. The largest absolute Gasteiger partial charge is 0.328 e. The van der Waals surface area contributed by atoms with Crippen LogP contribution in [-0.2, 0) is 0 Å². The first-order valence-electron chi connectivity index (χ1n) is 7.61. The zero-order chi connectivity index (χ0) is 17.6. The van der Waals surface area contributed by atoms with E-state index in [1.165, 1.54) is 0 Å². The lowest BCUT2D eigenvalue weighted by Gasteiger charge is -2.17. The molecule has 1 heterocycles. The number of hydrogen-bond acceptors (Lipinski definition) is 5. The molecule has 6 nitrogen and oxygen atoms in total. The Morgan fingerprint density at radius 3 is 2.32 bits per heavy atom. The Balaban J connectivity index is 1.71. The van der Waals surface area contributed by atoms with E-state index in [-0.39, 0.29) is 11.6 Å². The molecule has 0 fully saturated rings. The van der Waals surface area contributed by atoms with Gasteiger partial charge in [-0.25, -0.2) is 0 Å². The van der Waals surface area contributed by atoms with Crippen LogP contribution in [0.2, 0.25) is 0 Å². The van der Waals surface area contributed by atoms with E-state index in [2.05, 4.69) is 15.5 Å². The number of anilines is 3. The topological polar surface area (TPSA) is 81.9 Å². The fraction of sp³-hybridized carbons (Fsp3) is 0.0526. The molecule has 0 unspecified atom stereocenters. The van der Waals surface area contributed by atoms with Gasteiger partial charge in [0.05, 0.1) is 11.6 Å². The number of nitrogens with zero attached hydrogens (tertiary/aromatic N) is 4. The Bertz CT molecular complexity index is 899. The van der Waals surface area contributed by atoms with Crippen molar-refractivity contribution in [2.24, 2.45) is 0 Å². The van der Waals surface area contributed by atoms with Crippen LogP contribution in [0.15, 0.2) is 66.7 Å². The van der Waals surface area contributed by atoms with E-state index >= 15 is 0 Å². The van der Waals surface area contributed by atoms with Crippen molar-refractivity contribution in [3.8, 4) is 6.07 Å². The Morgan fingerprint density at radius 1 is 1.00 bits per heavy atom.